The van der Waals surface area contributed by atoms with Crippen LogP contribution >= 0.6 is 0 Å². The molecule has 1 aliphatic carbocycles. The molecule has 3 rings (SSSR count). The highest BCUT2D eigenvalue weighted by Crippen LogP contribution is 2.54. The number of hydrogen-bond acceptors (Lipinski definition) is 4. The zero-order valence-electron chi connectivity index (χ0n) is 22.4. The minimum atomic E-state index is -2.42. The molecule has 1 aliphatic heterocycles. The second-order valence-electron chi connectivity index (χ2n) is 10.4. The zero-order valence-corrected chi connectivity index (χ0v) is 22.4. The Bertz CT molecular complexity index is 852. The van der Waals surface area contributed by atoms with E-state index in [1.54, 1.807) is 6.07 Å². The molecule has 0 atom stereocenters. The first-order valence-electron chi connectivity index (χ1n) is 13.2. The Morgan fingerprint density at radius 2 is 1.75 bits per heavy atom. The number of carbonyl (C=O) groups excluding carboxylic acids is 2. The van der Waals surface area contributed by atoms with Crippen molar-refractivity contribution in [3.05, 3.63) is 29.6 Å². The first kappa shape index (κ1) is 30.0. The minimum Gasteiger partial charge on any atom is -0.493 e. The number of alkyl halides is 2. The molecule has 0 N–H and O–H groups in total. The van der Waals surface area contributed by atoms with Gasteiger partial charge in [0.1, 0.15) is 11.6 Å². The summed E-state index contributed by atoms with van der Waals surface area (Å²) in [6.45, 7) is 10.2. The van der Waals surface area contributed by atoms with Crippen molar-refractivity contribution in [2.45, 2.75) is 98.0 Å². The van der Waals surface area contributed by atoms with Gasteiger partial charge in [0, 0.05) is 32.0 Å². The number of ketones is 1. The predicted molar refractivity (Wildman–Crippen MR) is 134 cm³/mol. The molecular weight excluding hydrogens is 471 g/mol. The summed E-state index contributed by atoms with van der Waals surface area (Å²) in [6.07, 6.45) is 6.28. The third-order valence-electron chi connectivity index (χ3n) is 7.24. The van der Waals surface area contributed by atoms with Crippen LogP contribution in [0.2, 0.25) is 0 Å². The normalized spacial score (nSPS) is 17.3. The maximum atomic E-state index is 13.8. The lowest BCUT2D eigenvalue weighted by atomic mass is 9.56. The topological polar surface area (TPSA) is 55.8 Å². The molecule has 1 heterocycles. The Hall–Kier alpha value is -2.25. The van der Waals surface area contributed by atoms with E-state index in [4.69, 9.17) is 9.47 Å². The molecule has 2 aliphatic rings. The van der Waals surface area contributed by atoms with Crippen LogP contribution in [-0.4, -0.2) is 48.5 Å². The highest BCUT2D eigenvalue weighted by atomic mass is 19.3. The summed E-state index contributed by atoms with van der Waals surface area (Å²) in [5.41, 5.74) is 0.506. The molecule has 1 aromatic carbocycles. The van der Waals surface area contributed by atoms with Crippen molar-refractivity contribution in [2.75, 3.05) is 19.7 Å². The summed E-state index contributed by atoms with van der Waals surface area (Å²) < 4.78 is 48.5. The van der Waals surface area contributed by atoms with Gasteiger partial charge in [-0.3, -0.25) is 4.79 Å². The van der Waals surface area contributed by atoms with Crippen LogP contribution in [0.25, 0.3) is 0 Å². The van der Waals surface area contributed by atoms with E-state index < -0.39 is 11.7 Å². The van der Waals surface area contributed by atoms with Crippen LogP contribution in [0.4, 0.5) is 18.0 Å². The number of amides is 1. The molecule has 5 nitrogen and oxygen atoms in total. The third-order valence-corrected chi connectivity index (χ3v) is 7.24. The Kier molecular flexibility index (Phi) is 11.1. The van der Waals surface area contributed by atoms with Gasteiger partial charge in [-0.2, -0.15) is 0 Å². The second kappa shape index (κ2) is 13.3. The second-order valence-corrected chi connectivity index (χ2v) is 10.4. The van der Waals surface area contributed by atoms with Crippen LogP contribution in [0, 0.1) is 17.2 Å². The van der Waals surface area contributed by atoms with Gasteiger partial charge in [0.15, 0.2) is 5.78 Å². The third kappa shape index (κ3) is 9.00. The quantitative estimate of drug-likeness (QED) is 0.251. The smallest absolute Gasteiger partial charge is 0.410 e. The van der Waals surface area contributed by atoms with Crippen molar-refractivity contribution >= 4 is 11.9 Å². The first-order chi connectivity index (χ1) is 16.9. The van der Waals surface area contributed by atoms with Gasteiger partial charge in [-0.15, -0.1) is 0 Å². The molecular formula is C28H42F3NO4. The fraction of sp³-hybridized carbons (Fsp3) is 0.714. The molecule has 204 valence electrons. The van der Waals surface area contributed by atoms with Gasteiger partial charge >= 0.3 is 6.09 Å². The number of benzene rings is 1. The van der Waals surface area contributed by atoms with Crippen molar-refractivity contribution in [1.82, 2.24) is 4.90 Å². The number of piperidine rings is 1. The zero-order chi connectivity index (χ0) is 26.9. The van der Waals surface area contributed by atoms with E-state index in [-0.39, 0.29) is 36.4 Å². The summed E-state index contributed by atoms with van der Waals surface area (Å²) in [4.78, 5) is 25.1. The fourth-order valence-corrected chi connectivity index (χ4v) is 4.90. The SMILES string of the molecule is CC(=O)c1ccc(OCCCC2CC3(CCN(C(=O)OC(C)C)CC3)C2)cc1F.CCC(F)(F)CC. The molecule has 2 fully saturated rings. The Morgan fingerprint density at radius 3 is 2.22 bits per heavy atom. The Labute approximate surface area is 213 Å². The highest BCUT2D eigenvalue weighted by molar-refractivity contribution is 5.94. The predicted octanol–water partition coefficient (Wildman–Crippen LogP) is 7.67. The van der Waals surface area contributed by atoms with E-state index in [1.807, 2.05) is 18.7 Å². The number of ether oxygens (including phenoxy) is 2. The largest absolute Gasteiger partial charge is 0.493 e. The number of nitrogens with zero attached hydrogens (tertiary/aromatic N) is 1. The van der Waals surface area contributed by atoms with E-state index in [1.165, 1.54) is 45.7 Å². The van der Waals surface area contributed by atoms with Gasteiger partial charge in [-0.1, -0.05) is 13.8 Å². The van der Waals surface area contributed by atoms with Crippen LogP contribution in [0.1, 0.15) is 96.3 Å². The van der Waals surface area contributed by atoms with E-state index >= 15 is 0 Å². The molecule has 8 heteroatoms. The number of Topliss-reactive ketones (excluding diaryl/α,β-unsaturated/α-hetero) is 1. The average molecular weight is 514 g/mol. The Balaban J connectivity index is 0.000000572. The maximum Gasteiger partial charge on any atom is 0.410 e. The molecule has 0 aromatic heterocycles. The monoisotopic (exact) mass is 513 g/mol. The summed E-state index contributed by atoms with van der Waals surface area (Å²) >= 11 is 0. The van der Waals surface area contributed by atoms with E-state index in [2.05, 4.69) is 0 Å². The van der Waals surface area contributed by atoms with Crippen LogP contribution in [0.15, 0.2) is 18.2 Å². The fourth-order valence-electron chi connectivity index (χ4n) is 4.90. The van der Waals surface area contributed by atoms with Gasteiger partial charge in [-0.05, 0) is 82.8 Å². The van der Waals surface area contributed by atoms with Gasteiger partial charge in [0.25, 0.3) is 0 Å². The van der Waals surface area contributed by atoms with Gasteiger partial charge < -0.3 is 14.4 Å². The van der Waals surface area contributed by atoms with Crippen LogP contribution < -0.4 is 4.74 Å². The van der Waals surface area contributed by atoms with E-state index in [0.717, 1.165) is 38.8 Å². The summed E-state index contributed by atoms with van der Waals surface area (Å²) in [5, 5.41) is 0. The van der Waals surface area contributed by atoms with Crippen LogP contribution in [-0.2, 0) is 4.74 Å². The summed E-state index contributed by atoms with van der Waals surface area (Å²) in [7, 11) is 0. The Morgan fingerprint density at radius 1 is 1.14 bits per heavy atom. The number of halogens is 3. The first-order valence-corrected chi connectivity index (χ1v) is 13.2. The van der Waals surface area contributed by atoms with Crippen molar-refractivity contribution in [1.29, 1.82) is 0 Å². The number of carbonyl (C=O) groups is 2. The molecule has 36 heavy (non-hydrogen) atoms. The van der Waals surface area contributed by atoms with Crippen LogP contribution in [0.3, 0.4) is 0 Å². The molecule has 0 bridgehead atoms. The van der Waals surface area contributed by atoms with Gasteiger partial charge in [-0.25, -0.2) is 18.0 Å². The lowest BCUT2D eigenvalue weighted by Gasteiger charge is -2.52. The summed E-state index contributed by atoms with van der Waals surface area (Å²) in [5.74, 6) is -2.04. The van der Waals surface area contributed by atoms with Crippen LogP contribution in [0.5, 0.6) is 5.75 Å². The number of rotatable bonds is 9. The average Bonchev–Trinajstić information content (AvgIpc) is 2.80. The molecule has 0 unspecified atom stereocenters. The highest BCUT2D eigenvalue weighted by Gasteiger charge is 2.46. The lowest BCUT2D eigenvalue weighted by molar-refractivity contribution is -0.0204. The number of hydrogen-bond donors (Lipinski definition) is 0. The number of likely N-dealkylation sites (tertiary alicyclic amines) is 1. The lowest BCUT2D eigenvalue weighted by Crippen LogP contribution is -2.49. The van der Waals surface area contributed by atoms with Crippen molar-refractivity contribution in [2.24, 2.45) is 11.3 Å². The van der Waals surface area contributed by atoms with Crippen molar-refractivity contribution in [3.63, 3.8) is 0 Å². The van der Waals surface area contributed by atoms with E-state index in [0.29, 0.717) is 23.7 Å². The van der Waals surface area contributed by atoms with E-state index in [9.17, 15) is 22.8 Å². The standard InChI is InChI=1S/C23H32FNO4.C5H10F2/c1-16(2)29-22(27)25-10-8-23(9-11-25)14-18(15-23)5-4-12-28-19-6-7-20(17(3)26)21(24)13-19;1-3-5(6,7)4-2/h6-7,13,16,18H,4-5,8-12,14-15H2,1-3H3;3-4H2,1-2H3. The molecule has 0 radical (unpaired) electrons. The molecule has 1 amide bonds. The molecule has 1 saturated heterocycles. The van der Waals surface area contributed by atoms with Crippen molar-refractivity contribution < 1.29 is 32.2 Å². The molecule has 1 aromatic rings. The minimum absolute atomic E-state index is 0.0382. The van der Waals surface area contributed by atoms with Gasteiger partial charge in [0.2, 0.25) is 5.92 Å². The molecule has 1 spiro atoms. The maximum absolute atomic E-state index is 13.8. The van der Waals surface area contributed by atoms with Gasteiger partial charge in [0.05, 0.1) is 18.3 Å². The van der Waals surface area contributed by atoms with Crippen molar-refractivity contribution in [3.8, 4) is 5.75 Å². The summed E-state index contributed by atoms with van der Waals surface area (Å²) in [6, 6.07) is 4.41. The molecule has 1 saturated carbocycles.